The Bertz CT molecular complexity index is 675. The number of hydrogen-bond donors (Lipinski definition) is 5. The minimum absolute atomic E-state index is 0.0113. The van der Waals surface area contributed by atoms with Crippen molar-refractivity contribution >= 4 is 23.6 Å². The van der Waals surface area contributed by atoms with Crippen molar-refractivity contribution in [3.8, 4) is 0 Å². The third-order valence-electron chi connectivity index (χ3n) is 3.90. The Balaban J connectivity index is 1.79. The zero-order chi connectivity index (χ0) is 15.2. The fourth-order valence-electron chi connectivity index (χ4n) is 2.66. The largest absolute Gasteiger partial charge is 0.423 e. The predicted octanol–water partition coefficient (Wildman–Crippen LogP) is -1.64. The number of nitrogens with zero attached hydrogens (tertiary/aromatic N) is 3. The Labute approximate surface area is 119 Å². The fourth-order valence-corrected chi connectivity index (χ4v) is 2.66. The maximum atomic E-state index is 11.8. The van der Waals surface area contributed by atoms with Crippen LogP contribution in [-0.4, -0.2) is 45.5 Å². The van der Waals surface area contributed by atoms with E-state index in [1.165, 1.54) is 6.07 Å². The van der Waals surface area contributed by atoms with E-state index in [9.17, 15) is 14.8 Å². The summed E-state index contributed by atoms with van der Waals surface area (Å²) >= 11 is 0. The molecule has 3 amide bonds. The van der Waals surface area contributed by atoms with E-state index < -0.39 is 11.6 Å². The Kier molecular flexibility index (Phi) is 2.75. The molecule has 3 heterocycles. The standard InChI is InChI=1S/C11H15N7O3/c12-6-5-7(14-9(13)18(6)21)17-3-1-11(2-4-17)8(19)15-10(20)16-11/h5,13,21H,1-4,12H2,(H2,15,16,19,20). The van der Waals surface area contributed by atoms with Gasteiger partial charge in [-0.25, -0.2) is 4.79 Å². The summed E-state index contributed by atoms with van der Waals surface area (Å²) in [5, 5.41) is 21.8. The van der Waals surface area contributed by atoms with Crippen molar-refractivity contribution in [1.82, 2.24) is 20.3 Å². The molecule has 21 heavy (non-hydrogen) atoms. The SMILES string of the molecule is N=c1nc(N2CCC3(CC2)NC(=O)NC3=O)cc(N)n1O. The topological polar surface area (TPSA) is 149 Å². The lowest BCUT2D eigenvalue weighted by Gasteiger charge is -2.37. The zero-order valence-corrected chi connectivity index (χ0v) is 11.1. The lowest BCUT2D eigenvalue weighted by atomic mass is 9.88. The van der Waals surface area contributed by atoms with Gasteiger partial charge in [0.15, 0.2) is 0 Å². The summed E-state index contributed by atoms with van der Waals surface area (Å²) in [6.45, 7) is 0.962. The summed E-state index contributed by atoms with van der Waals surface area (Å²) in [5.41, 5.74) is 4.37. The third-order valence-corrected chi connectivity index (χ3v) is 3.90. The molecule has 10 heteroatoms. The average molecular weight is 293 g/mol. The Morgan fingerprint density at radius 1 is 1.38 bits per heavy atom. The number of aromatic nitrogens is 2. The molecule has 1 aromatic rings. The van der Waals surface area contributed by atoms with Crippen LogP contribution in [0.2, 0.25) is 0 Å². The molecule has 0 radical (unpaired) electrons. The molecule has 2 saturated heterocycles. The second-order valence-electron chi connectivity index (χ2n) is 5.15. The van der Waals surface area contributed by atoms with Gasteiger partial charge < -0.3 is 21.2 Å². The van der Waals surface area contributed by atoms with E-state index in [-0.39, 0.29) is 17.3 Å². The first-order valence-corrected chi connectivity index (χ1v) is 6.43. The van der Waals surface area contributed by atoms with E-state index >= 15 is 0 Å². The smallest absolute Gasteiger partial charge is 0.322 e. The van der Waals surface area contributed by atoms with Gasteiger partial charge >= 0.3 is 6.03 Å². The van der Waals surface area contributed by atoms with Crippen LogP contribution in [0.15, 0.2) is 6.07 Å². The Morgan fingerprint density at radius 3 is 2.57 bits per heavy atom. The molecule has 0 bridgehead atoms. The van der Waals surface area contributed by atoms with Crippen molar-refractivity contribution in [3.05, 3.63) is 11.7 Å². The fraction of sp³-hybridized carbons (Fsp3) is 0.455. The highest BCUT2D eigenvalue weighted by Gasteiger charge is 2.47. The van der Waals surface area contributed by atoms with Crippen LogP contribution in [0.4, 0.5) is 16.4 Å². The molecule has 0 aliphatic carbocycles. The van der Waals surface area contributed by atoms with Gasteiger partial charge in [-0.05, 0) is 12.8 Å². The highest BCUT2D eigenvalue weighted by molar-refractivity contribution is 6.07. The van der Waals surface area contributed by atoms with E-state index in [4.69, 9.17) is 11.1 Å². The summed E-state index contributed by atoms with van der Waals surface area (Å²) in [5.74, 6) is 0.168. The van der Waals surface area contributed by atoms with Crippen molar-refractivity contribution in [2.45, 2.75) is 18.4 Å². The van der Waals surface area contributed by atoms with Gasteiger partial charge in [0.2, 0.25) is 0 Å². The number of nitrogen functional groups attached to an aromatic ring is 1. The third kappa shape index (κ3) is 2.04. The number of hydrogen-bond acceptors (Lipinski definition) is 7. The Morgan fingerprint density at radius 2 is 2.05 bits per heavy atom. The maximum Gasteiger partial charge on any atom is 0.322 e. The van der Waals surface area contributed by atoms with Gasteiger partial charge in [0.05, 0.1) is 0 Å². The van der Waals surface area contributed by atoms with Gasteiger partial charge in [0.1, 0.15) is 17.2 Å². The lowest BCUT2D eigenvalue weighted by Crippen LogP contribution is -2.55. The summed E-state index contributed by atoms with van der Waals surface area (Å²) in [4.78, 5) is 28.9. The Hall–Kier alpha value is -2.78. The number of anilines is 2. The van der Waals surface area contributed by atoms with Crippen molar-refractivity contribution < 1.29 is 14.8 Å². The van der Waals surface area contributed by atoms with Crippen LogP contribution in [0.25, 0.3) is 0 Å². The summed E-state index contributed by atoms with van der Waals surface area (Å²) in [6.07, 6.45) is 0.876. The quantitative estimate of drug-likeness (QED) is 0.309. The molecule has 2 aliphatic heterocycles. The number of nitrogens with one attached hydrogen (secondary N) is 3. The van der Waals surface area contributed by atoms with Crippen molar-refractivity contribution in [1.29, 1.82) is 5.41 Å². The monoisotopic (exact) mass is 293 g/mol. The van der Waals surface area contributed by atoms with E-state index in [0.29, 0.717) is 36.5 Å². The number of carbonyl (C=O) groups excluding carboxylic acids is 2. The average Bonchev–Trinajstić information content (AvgIpc) is 2.71. The molecule has 3 rings (SSSR count). The number of urea groups is 1. The second kappa shape index (κ2) is 4.36. The molecular weight excluding hydrogens is 278 g/mol. The van der Waals surface area contributed by atoms with Gasteiger partial charge in [-0.2, -0.15) is 4.98 Å². The van der Waals surface area contributed by atoms with Crippen LogP contribution >= 0.6 is 0 Å². The highest BCUT2D eigenvalue weighted by atomic mass is 16.5. The van der Waals surface area contributed by atoms with E-state index in [1.807, 2.05) is 4.90 Å². The van der Waals surface area contributed by atoms with Crippen molar-refractivity contribution in [2.75, 3.05) is 23.7 Å². The van der Waals surface area contributed by atoms with Gasteiger partial charge in [0.25, 0.3) is 11.5 Å². The van der Waals surface area contributed by atoms with Crippen LogP contribution in [0.3, 0.4) is 0 Å². The van der Waals surface area contributed by atoms with Crippen LogP contribution < -0.4 is 26.9 Å². The predicted molar refractivity (Wildman–Crippen MR) is 70.5 cm³/mol. The van der Waals surface area contributed by atoms with Crippen molar-refractivity contribution in [2.24, 2.45) is 0 Å². The number of rotatable bonds is 1. The molecule has 0 saturated carbocycles. The molecule has 2 aliphatic rings. The summed E-state index contributed by atoms with van der Waals surface area (Å²) < 4.78 is 0.486. The molecule has 1 aromatic heterocycles. The molecule has 0 atom stereocenters. The first-order valence-electron chi connectivity index (χ1n) is 6.43. The van der Waals surface area contributed by atoms with Gasteiger partial charge in [-0.15, -0.1) is 4.73 Å². The zero-order valence-electron chi connectivity index (χ0n) is 11.1. The first-order chi connectivity index (χ1) is 9.91. The second-order valence-corrected chi connectivity index (χ2v) is 5.15. The minimum atomic E-state index is -0.853. The van der Waals surface area contributed by atoms with Crippen LogP contribution in [0, 0.1) is 5.41 Å². The normalized spacial score (nSPS) is 20.5. The van der Waals surface area contributed by atoms with E-state index in [2.05, 4.69) is 15.6 Å². The maximum absolute atomic E-state index is 11.8. The van der Waals surface area contributed by atoms with Crippen LogP contribution in [-0.2, 0) is 4.79 Å². The number of amides is 3. The molecule has 0 unspecified atom stereocenters. The number of carbonyl (C=O) groups is 2. The summed E-state index contributed by atoms with van der Waals surface area (Å²) in [6, 6.07) is 0.994. The first kappa shape index (κ1) is 13.2. The number of piperidine rings is 1. The molecule has 1 spiro atoms. The molecular formula is C11H15N7O3. The molecule has 0 aromatic carbocycles. The van der Waals surface area contributed by atoms with Gasteiger partial charge in [0, 0.05) is 19.2 Å². The minimum Gasteiger partial charge on any atom is -0.423 e. The number of nitrogens with two attached hydrogens (primary N) is 1. The molecule has 2 fully saturated rings. The highest BCUT2D eigenvalue weighted by Crippen LogP contribution is 2.27. The van der Waals surface area contributed by atoms with Gasteiger partial charge in [-0.3, -0.25) is 15.5 Å². The van der Waals surface area contributed by atoms with Crippen LogP contribution in [0.5, 0.6) is 0 Å². The molecule has 6 N–H and O–H groups in total. The lowest BCUT2D eigenvalue weighted by molar-refractivity contribution is -0.124. The van der Waals surface area contributed by atoms with Crippen molar-refractivity contribution in [3.63, 3.8) is 0 Å². The van der Waals surface area contributed by atoms with E-state index in [1.54, 1.807) is 0 Å². The van der Waals surface area contributed by atoms with Crippen LogP contribution in [0.1, 0.15) is 12.8 Å². The molecule has 10 nitrogen and oxygen atoms in total. The van der Waals surface area contributed by atoms with Gasteiger partial charge in [-0.1, -0.05) is 0 Å². The number of imide groups is 1. The van der Waals surface area contributed by atoms with E-state index in [0.717, 1.165) is 0 Å². The molecule has 112 valence electrons. The summed E-state index contributed by atoms with van der Waals surface area (Å²) in [7, 11) is 0.